The van der Waals surface area contributed by atoms with Crippen LogP contribution in [0.3, 0.4) is 0 Å². The average molecular weight is 224 g/mol. The maximum absolute atomic E-state index is 5.52. The van der Waals surface area contributed by atoms with Crippen LogP contribution >= 0.6 is 0 Å². The zero-order valence-electron chi connectivity index (χ0n) is 10.2. The summed E-state index contributed by atoms with van der Waals surface area (Å²) in [5.74, 6) is 1.64. The molecule has 1 aliphatic heterocycles. The fraction of sp³-hybridized carbons (Fsp3) is 0.750. The summed E-state index contributed by atoms with van der Waals surface area (Å²) in [5.41, 5.74) is 0. The smallest absolute Gasteiger partial charge is 0.211 e. The van der Waals surface area contributed by atoms with Crippen LogP contribution in [0.25, 0.3) is 0 Å². The lowest BCUT2D eigenvalue weighted by molar-refractivity contribution is 0.0110. The topological polar surface area (TPSA) is 47.3 Å². The molecule has 0 spiro atoms. The molecule has 2 rings (SSSR count). The first-order chi connectivity index (χ1) is 7.65. The molecule has 1 fully saturated rings. The van der Waals surface area contributed by atoms with Crippen LogP contribution in [0.4, 0.5) is 0 Å². The first-order valence-corrected chi connectivity index (χ1v) is 5.95. The van der Waals surface area contributed by atoms with Crippen molar-refractivity contribution in [2.75, 3.05) is 6.61 Å². The summed E-state index contributed by atoms with van der Waals surface area (Å²) in [6, 6.07) is 0.676. The molecular weight excluding hydrogens is 204 g/mol. The highest BCUT2D eigenvalue weighted by atomic mass is 16.5. The summed E-state index contributed by atoms with van der Waals surface area (Å²) in [7, 11) is 0. The molecule has 0 radical (unpaired) electrons. The number of aryl methyl sites for hydroxylation is 1. The van der Waals surface area contributed by atoms with Gasteiger partial charge in [0.05, 0.1) is 18.3 Å². The van der Waals surface area contributed by atoms with Gasteiger partial charge in [-0.15, -0.1) is 0 Å². The van der Waals surface area contributed by atoms with Gasteiger partial charge in [0.1, 0.15) is 5.76 Å². The molecule has 3 unspecified atom stereocenters. The number of hydrogen-bond donors (Lipinski definition) is 1. The Morgan fingerprint density at radius 3 is 3.00 bits per heavy atom. The highest BCUT2D eigenvalue weighted by Gasteiger charge is 2.22. The normalized spacial score (nSPS) is 27.9. The molecule has 0 saturated carbocycles. The highest BCUT2D eigenvalue weighted by molar-refractivity contribution is 4.96. The van der Waals surface area contributed by atoms with Crippen molar-refractivity contribution in [2.24, 2.45) is 0 Å². The Bertz CT molecular complexity index is 338. The molecule has 90 valence electrons. The summed E-state index contributed by atoms with van der Waals surface area (Å²) in [6.07, 6.45) is 4.24. The van der Waals surface area contributed by atoms with Gasteiger partial charge in [-0.05, 0) is 33.6 Å². The molecule has 0 bridgehead atoms. The van der Waals surface area contributed by atoms with Gasteiger partial charge >= 0.3 is 0 Å². The predicted molar refractivity (Wildman–Crippen MR) is 61.2 cm³/mol. The zero-order valence-corrected chi connectivity index (χ0v) is 10.2. The fourth-order valence-electron chi connectivity index (χ4n) is 2.15. The molecule has 0 amide bonds. The van der Waals surface area contributed by atoms with E-state index in [4.69, 9.17) is 9.15 Å². The Morgan fingerprint density at radius 2 is 2.38 bits per heavy atom. The molecule has 3 atom stereocenters. The minimum absolute atomic E-state index is 0.170. The molecule has 0 aromatic carbocycles. The van der Waals surface area contributed by atoms with E-state index in [1.54, 1.807) is 6.20 Å². The Kier molecular flexibility index (Phi) is 3.61. The quantitative estimate of drug-likeness (QED) is 0.855. The zero-order chi connectivity index (χ0) is 11.5. The van der Waals surface area contributed by atoms with Gasteiger partial charge in [-0.3, -0.25) is 0 Å². The maximum Gasteiger partial charge on any atom is 0.211 e. The second-order valence-electron chi connectivity index (χ2n) is 4.60. The van der Waals surface area contributed by atoms with E-state index in [1.165, 1.54) is 0 Å². The van der Waals surface area contributed by atoms with Crippen LogP contribution in [0.1, 0.15) is 44.4 Å². The van der Waals surface area contributed by atoms with Crippen LogP contribution < -0.4 is 5.32 Å². The molecule has 2 heterocycles. The Morgan fingerprint density at radius 1 is 1.56 bits per heavy atom. The average Bonchev–Trinajstić information content (AvgIpc) is 2.65. The van der Waals surface area contributed by atoms with Crippen molar-refractivity contribution in [1.29, 1.82) is 0 Å². The highest BCUT2D eigenvalue weighted by Crippen LogP contribution is 2.18. The third kappa shape index (κ3) is 2.83. The summed E-state index contributed by atoms with van der Waals surface area (Å²) in [5, 5.41) is 3.54. The van der Waals surface area contributed by atoms with Crippen LogP contribution in [0.5, 0.6) is 0 Å². The molecule has 1 N–H and O–H groups in total. The third-order valence-corrected chi connectivity index (χ3v) is 2.98. The molecule has 0 aliphatic carbocycles. The number of aromatic nitrogens is 1. The van der Waals surface area contributed by atoms with Gasteiger partial charge in [0.25, 0.3) is 0 Å². The number of oxazole rings is 1. The van der Waals surface area contributed by atoms with E-state index in [2.05, 4.69) is 24.1 Å². The SMILES string of the molecule is Cc1cnc(C(C)NC2CCOC(C)C2)o1. The van der Waals surface area contributed by atoms with E-state index in [1.807, 2.05) is 6.92 Å². The van der Waals surface area contributed by atoms with E-state index in [-0.39, 0.29) is 6.04 Å². The van der Waals surface area contributed by atoms with Gasteiger partial charge < -0.3 is 14.5 Å². The molecule has 16 heavy (non-hydrogen) atoms. The largest absolute Gasteiger partial charge is 0.444 e. The molecule has 1 aromatic rings. The Balaban J connectivity index is 1.89. The summed E-state index contributed by atoms with van der Waals surface area (Å²) < 4.78 is 11.0. The summed E-state index contributed by atoms with van der Waals surface area (Å²) in [6.45, 7) is 6.97. The molecular formula is C12H20N2O2. The number of rotatable bonds is 3. The van der Waals surface area contributed by atoms with Gasteiger partial charge in [-0.25, -0.2) is 4.98 Å². The van der Waals surface area contributed by atoms with Crippen molar-refractivity contribution in [3.63, 3.8) is 0 Å². The number of hydrogen-bond acceptors (Lipinski definition) is 4. The van der Waals surface area contributed by atoms with Crippen LogP contribution in [-0.2, 0) is 4.74 Å². The van der Waals surface area contributed by atoms with Crippen molar-refractivity contribution < 1.29 is 9.15 Å². The van der Waals surface area contributed by atoms with Crippen molar-refractivity contribution in [2.45, 2.75) is 51.8 Å². The van der Waals surface area contributed by atoms with Gasteiger partial charge in [-0.1, -0.05) is 0 Å². The van der Waals surface area contributed by atoms with E-state index in [0.29, 0.717) is 12.1 Å². The van der Waals surface area contributed by atoms with Gasteiger partial charge in [0.15, 0.2) is 0 Å². The Hall–Kier alpha value is -0.870. The van der Waals surface area contributed by atoms with Crippen LogP contribution in [-0.4, -0.2) is 23.7 Å². The molecule has 1 aromatic heterocycles. The van der Waals surface area contributed by atoms with E-state index in [9.17, 15) is 0 Å². The van der Waals surface area contributed by atoms with Crippen LogP contribution in [0.15, 0.2) is 10.6 Å². The predicted octanol–water partition coefficient (Wildman–Crippen LogP) is 2.20. The van der Waals surface area contributed by atoms with Crippen LogP contribution in [0, 0.1) is 6.92 Å². The van der Waals surface area contributed by atoms with Crippen molar-refractivity contribution in [3.8, 4) is 0 Å². The number of nitrogens with one attached hydrogen (secondary N) is 1. The van der Waals surface area contributed by atoms with E-state index < -0.39 is 0 Å². The molecule has 1 saturated heterocycles. The van der Waals surface area contributed by atoms with E-state index in [0.717, 1.165) is 31.1 Å². The monoisotopic (exact) mass is 224 g/mol. The van der Waals surface area contributed by atoms with Crippen LogP contribution in [0.2, 0.25) is 0 Å². The van der Waals surface area contributed by atoms with Gasteiger partial charge in [0.2, 0.25) is 5.89 Å². The first-order valence-electron chi connectivity index (χ1n) is 5.95. The van der Waals surface area contributed by atoms with Crippen molar-refractivity contribution in [1.82, 2.24) is 10.3 Å². The third-order valence-electron chi connectivity index (χ3n) is 2.98. The number of nitrogens with zero attached hydrogens (tertiary/aromatic N) is 1. The Labute approximate surface area is 96.4 Å². The minimum Gasteiger partial charge on any atom is -0.444 e. The van der Waals surface area contributed by atoms with Gasteiger partial charge in [0, 0.05) is 12.6 Å². The van der Waals surface area contributed by atoms with E-state index >= 15 is 0 Å². The lowest BCUT2D eigenvalue weighted by Crippen LogP contribution is -2.39. The molecule has 4 nitrogen and oxygen atoms in total. The molecule has 1 aliphatic rings. The number of ether oxygens (including phenoxy) is 1. The van der Waals surface area contributed by atoms with Gasteiger partial charge in [-0.2, -0.15) is 0 Å². The second-order valence-corrected chi connectivity index (χ2v) is 4.60. The molecule has 4 heteroatoms. The minimum atomic E-state index is 0.170. The standard InChI is InChI=1S/C12H20N2O2/c1-8-6-11(4-5-15-8)14-10(3)12-13-7-9(2)16-12/h7-8,10-11,14H,4-6H2,1-3H3. The van der Waals surface area contributed by atoms with Crippen molar-refractivity contribution >= 4 is 0 Å². The fourth-order valence-corrected chi connectivity index (χ4v) is 2.15. The second kappa shape index (κ2) is 4.97. The lowest BCUT2D eigenvalue weighted by Gasteiger charge is -2.29. The summed E-state index contributed by atoms with van der Waals surface area (Å²) >= 11 is 0. The first kappa shape index (κ1) is 11.6. The lowest BCUT2D eigenvalue weighted by atomic mass is 10.0. The van der Waals surface area contributed by atoms with Crippen molar-refractivity contribution in [3.05, 3.63) is 17.8 Å². The summed E-state index contributed by atoms with van der Waals surface area (Å²) in [4.78, 5) is 4.24. The maximum atomic E-state index is 5.52.